The molecule has 7 aromatic rings. The smallest absolute Gasteiger partial charge is 0.252 e. The Kier molecular flexibility index (Phi) is 10.6. The third-order valence-corrected chi connectivity index (χ3v) is 15.6. The SMILES string of the molecule is CC(C)(C)c1ccc(N2c3ccc(C(C)(C)C)cc3B3c4cc(C(C)(C)c5ccccc5)ccc4N(c4ccc(C(C)(C)c5ccccc5)cc4)c4cc(C5CCCCC5)cc2c43)cc1. The van der Waals surface area contributed by atoms with Crippen LogP contribution in [0.3, 0.4) is 0 Å². The van der Waals surface area contributed by atoms with E-state index in [9.17, 15) is 0 Å². The van der Waals surface area contributed by atoms with Gasteiger partial charge in [0, 0.05) is 45.0 Å². The molecule has 0 saturated heterocycles. The molecule has 0 bridgehead atoms. The molecule has 0 amide bonds. The number of anilines is 6. The fraction of sp³-hybridized carbons (Fsp3) is 0.323. The van der Waals surface area contributed by atoms with E-state index in [1.165, 1.54) is 122 Å². The lowest BCUT2D eigenvalue weighted by Crippen LogP contribution is -2.61. The molecule has 65 heavy (non-hydrogen) atoms. The summed E-state index contributed by atoms with van der Waals surface area (Å²) in [5.41, 5.74) is 20.9. The highest BCUT2D eigenvalue weighted by Gasteiger charge is 2.45. The Morgan fingerprint density at radius 2 is 0.785 bits per heavy atom. The van der Waals surface area contributed by atoms with Crippen LogP contribution in [0.5, 0.6) is 0 Å². The van der Waals surface area contributed by atoms with Crippen LogP contribution in [0.25, 0.3) is 0 Å². The lowest BCUT2D eigenvalue weighted by molar-refractivity contribution is 0.444. The van der Waals surface area contributed by atoms with Gasteiger partial charge in [0.15, 0.2) is 0 Å². The maximum atomic E-state index is 2.63. The van der Waals surface area contributed by atoms with Crippen LogP contribution >= 0.6 is 0 Å². The molecule has 0 aromatic heterocycles. The van der Waals surface area contributed by atoms with E-state index in [1.807, 2.05) is 0 Å². The molecule has 1 saturated carbocycles. The first-order chi connectivity index (χ1) is 31.0. The largest absolute Gasteiger partial charge is 0.311 e. The van der Waals surface area contributed by atoms with E-state index >= 15 is 0 Å². The molecule has 2 aliphatic heterocycles. The summed E-state index contributed by atoms with van der Waals surface area (Å²) in [6.45, 7) is 23.5. The van der Waals surface area contributed by atoms with E-state index in [4.69, 9.17) is 0 Å². The standard InChI is InChI=1S/C62H67BN2/c1-59(2,3)44-26-32-50(33-27-44)64-54-36-30-48(60(4,5)6)40-52(54)63-53-41-49(62(9,10)46-24-18-13-19-25-46)31-37-55(53)65(57-39-43(38-56(64)58(57)63)42-20-14-11-15-21-42)51-34-28-47(29-35-51)61(7,8)45-22-16-12-17-23-45/h12-13,16-19,22-42H,11,14-15,20-21H2,1-10H3. The zero-order chi connectivity index (χ0) is 45.5. The maximum absolute atomic E-state index is 2.63. The Bertz CT molecular complexity index is 2850. The first kappa shape index (κ1) is 43.1. The average Bonchev–Trinajstić information content (AvgIpc) is 3.31. The fourth-order valence-electron chi connectivity index (χ4n) is 11.3. The average molecular weight is 851 g/mol. The molecule has 3 aliphatic rings. The highest BCUT2D eigenvalue weighted by atomic mass is 15.2. The van der Waals surface area contributed by atoms with Gasteiger partial charge in [-0.15, -0.1) is 0 Å². The quantitative estimate of drug-likeness (QED) is 0.147. The van der Waals surface area contributed by atoms with E-state index in [1.54, 1.807) is 0 Å². The molecule has 328 valence electrons. The van der Waals surface area contributed by atoms with Gasteiger partial charge in [-0.3, -0.25) is 0 Å². The van der Waals surface area contributed by atoms with Crippen molar-refractivity contribution >= 4 is 57.2 Å². The number of hydrogen-bond acceptors (Lipinski definition) is 2. The first-order valence-corrected chi connectivity index (χ1v) is 24.4. The van der Waals surface area contributed by atoms with Crippen molar-refractivity contribution in [2.75, 3.05) is 9.80 Å². The van der Waals surface area contributed by atoms with Crippen molar-refractivity contribution < 1.29 is 0 Å². The van der Waals surface area contributed by atoms with E-state index in [0.717, 1.165) is 0 Å². The highest BCUT2D eigenvalue weighted by Crippen LogP contribution is 2.48. The second-order valence-corrected chi connectivity index (χ2v) is 22.5. The van der Waals surface area contributed by atoms with E-state index in [-0.39, 0.29) is 28.4 Å². The predicted octanol–water partition coefficient (Wildman–Crippen LogP) is 15.1. The summed E-state index contributed by atoms with van der Waals surface area (Å²) in [6, 6.07) is 61.2. The Morgan fingerprint density at radius 3 is 1.26 bits per heavy atom. The minimum absolute atomic E-state index is 0.0158. The molecule has 2 heterocycles. The van der Waals surface area contributed by atoms with Gasteiger partial charge < -0.3 is 9.80 Å². The molecule has 0 N–H and O–H groups in total. The van der Waals surface area contributed by atoms with Crippen LogP contribution in [-0.2, 0) is 21.7 Å². The predicted molar refractivity (Wildman–Crippen MR) is 281 cm³/mol. The number of nitrogens with zero attached hydrogens (tertiary/aromatic N) is 2. The van der Waals surface area contributed by atoms with Crippen LogP contribution in [0.4, 0.5) is 34.1 Å². The molecule has 2 nitrogen and oxygen atoms in total. The normalized spacial score (nSPS) is 15.4. The number of hydrogen-bond donors (Lipinski definition) is 0. The monoisotopic (exact) mass is 851 g/mol. The van der Waals surface area contributed by atoms with Gasteiger partial charge in [-0.05, 0) is 133 Å². The Morgan fingerprint density at radius 1 is 0.385 bits per heavy atom. The number of fused-ring (bicyclic) bond motifs is 4. The third kappa shape index (κ3) is 7.54. The van der Waals surface area contributed by atoms with Crippen LogP contribution in [0, 0.1) is 0 Å². The van der Waals surface area contributed by atoms with Crippen molar-refractivity contribution in [1.29, 1.82) is 0 Å². The number of rotatable bonds is 7. The van der Waals surface area contributed by atoms with Crippen LogP contribution in [0.1, 0.15) is 146 Å². The van der Waals surface area contributed by atoms with Crippen LogP contribution < -0.4 is 26.2 Å². The summed E-state index contributed by atoms with van der Waals surface area (Å²) in [6.07, 6.45) is 6.40. The Labute approximate surface area is 390 Å². The van der Waals surface area contributed by atoms with Crippen molar-refractivity contribution in [2.24, 2.45) is 0 Å². The lowest BCUT2D eigenvalue weighted by Gasteiger charge is -2.45. The molecule has 10 rings (SSSR count). The lowest BCUT2D eigenvalue weighted by atomic mass is 9.33. The van der Waals surface area contributed by atoms with E-state index in [2.05, 4.69) is 237 Å². The molecule has 1 aliphatic carbocycles. The summed E-state index contributed by atoms with van der Waals surface area (Å²) < 4.78 is 0. The van der Waals surface area contributed by atoms with Gasteiger partial charge in [-0.25, -0.2) is 0 Å². The van der Waals surface area contributed by atoms with Gasteiger partial charge in [0.25, 0.3) is 6.71 Å². The van der Waals surface area contributed by atoms with Crippen molar-refractivity contribution in [1.82, 2.24) is 0 Å². The van der Waals surface area contributed by atoms with Crippen molar-refractivity contribution in [2.45, 2.75) is 129 Å². The van der Waals surface area contributed by atoms with Crippen molar-refractivity contribution in [3.63, 3.8) is 0 Å². The van der Waals surface area contributed by atoms with Gasteiger partial charge >= 0.3 is 0 Å². The maximum Gasteiger partial charge on any atom is 0.252 e. The summed E-state index contributed by atoms with van der Waals surface area (Å²) in [5, 5.41) is 0. The summed E-state index contributed by atoms with van der Waals surface area (Å²) in [7, 11) is 0. The molecular formula is C62H67BN2. The van der Waals surface area contributed by atoms with E-state index in [0.29, 0.717) is 5.92 Å². The molecule has 1 fully saturated rings. The molecule has 7 aromatic carbocycles. The van der Waals surface area contributed by atoms with Gasteiger partial charge in [0.2, 0.25) is 0 Å². The van der Waals surface area contributed by atoms with Crippen LogP contribution in [0.15, 0.2) is 158 Å². The number of benzene rings is 7. The zero-order valence-electron chi connectivity index (χ0n) is 40.6. The van der Waals surface area contributed by atoms with Gasteiger partial charge in [-0.2, -0.15) is 0 Å². The molecular weight excluding hydrogens is 784 g/mol. The second-order valence-electron chi connectivity index (χ2n) is 22.5. The molecule has 0 spiro atoms. The molecule has 3 heteroatoms. The van der Waals surface area contributed by atoms with Gasteiger partial charge in [0.05, 0.1) is 0 Å². The third-order valence-electron chi connectivity index (χ3n) is 15.6. The summed E-state index contributed by atoms with van der Waals surface area (Å²) in [4.78, 5) is 5.26. The van der Waals surface area contributed by atoms with Crippen molar-refractivity contribution in [3.05, 3.63) is 197 Å². The highest BCUT2D eigenvalue weighted by molar-refractivity contribution is 7.00. The Balaban J connectivity index is 1.27. The minimum Gasteiger partial charge on any atom is -0.311 e. The van der Waals surface area contributed by atoms with Gasteiger partial charge in [-0.1, -0.05) is 198 Å². The minimum atomic E-state index is -0.203. The van der Waals surface area contributed by atoms with Crippen molar-refractivity contribution in [3.8, 4) is 0 Å². The fourth-order valence-corrected chi connectivity index (χ4v) is 11.3. The molecule has 0 atom stereocenters. The van der Waals surface area contributed by atoms with E-state index < -0.39 is 0 Å². The Hall–Kier alpha value is -5.80. The second kappa shape index (κ2) is 16.0. The zero-order valence-corrected chi connectivity index (χ0v) is 40.6. The first-order valence-electron chi connectivity index (χ1n) is 24.4. The summed E-state index contributed by atoms with van der Waals surface area (Å²) in [5.74, 6) is 0.532. The molecule has 0 radical (unpaired) electrons. The molecule has 0 unspecified atom stereocenters. The van der Waals surface area contributed by atoms with Crippen LogP contribution in [-0.4, -0.2) is 6.71 Å². The topological polar surface area (TPSA) is 6.48 Å². The van der Waals surface area contributed by atoms with Gasteiger partial charge in [0.1, 0.15) is 0 Å². The summed E-state index contributed by atoms with van der Waals surface area (Å²) >= 11 is 0. The van der Waals surface area contributed by atoms with Crippen LogP contribution in [0.2, 0.25) is 0 Å².